The minimum Gasteiger partial charge on any atom is -0.254 e. The van der Waals surface area contributed by atoms with Crippen molar-refractivity contribution >= 4 is 65.5 Å². The molecule has 0 aliphatic rings. The van der Waals surface area contributed by atoms with Crippen LogP contribution in [0.1, 0.15) is 26.0 Å². The number of benzene rings is 8. The van der Waals surface area contributed by atoms with E-state index < -0.39 is 147 Å². The van der Waals surface area contributed by atoms with E-state index in [-0.39, 0.29) is 26.4 Å². The largest absolute Gasteiger partial charge is 0.254 e. The Bertz CT molecular complexity index is 4270. The molecule has 0 N–H and O–H groups in total. The summed E-state index contributed by atoms with van der Waals surface area (Å²) in [5.74, 6) is 0. The minimum absolute atomic E-state index is 0.0756. The van der Waals surface area contributed by atoms with E-state index in [2.05, 4.69) is 4.98 Å². The number of thiophene rings is 1. The molecule has 3 aromatic heterocycles. The van der Waals surface area contributed by atoms with Gasteiger partial charge in [0.2, 0.25) is 0 Å². The predicted molar refractivity (Wildman–Crippen MR) is 235 cm³/mol. The smallest absolute Gasteiger partial charge is 0.0972 e. The van der Waals surface area contributed by atoms with E-state index in [9.17, 15) is 12.3 Å². The lowest BCUT2D eigenvalue weighted by atomic mass is 9.88. The lowest BCUT2D eigenvalue weighted by Crippen LogP contribution is -1.91. The number of hydrogen-bond donors (Lipinski definition) is 0. The normalized spacial score (nSPS) is 16.5. The van der Waals surface area contributed by atoms with Gasteiger partial charge >= 0.3 is 0 Å². The molecule has 0 spiro atoms. The van der Waals surface area contributed by atoms with Crippen molar-refractivity contribution in [2.45, 2.75) is 0 Å². The van der Waals surface area contributed by atoms with E-state index in [1.54, 1.807) is 30.5 Å². The maximum atomic E-state index is 9.78. The first kappa shape index (κ1) is 17.9. The van der Waals surface area contributed by atoms with Gasteiger partial charge in [-0.3, -0.25) is 4.98 Å². The maximum absolute atomic E-state index is 9.78. The van der Waals surface area contributed by atoms with Crippen molar-refractivity contribution in [3.63, 3.8) is 0 Å². The number of pyridine rings is 2. The topological polar surface area (TPSA) is 25.8 Å². The first-order valence-electron chi connectivity index (χ1n) is 26.6. The first-order valence-corrected chi connectivity index (χ1v) is 17.9. The van der Waals surface area contributed by atoms with Crippen molar-refractivity contribution < 1.29 is 26.0 Å². The molecule has 0 bridgehead atoms. The summed E-state index contributed by atoms with van der Waals surface area (Å²) in [6.07, 6.45) is 1.70. The molecule has 0 aliphatic heterocycles. The zero-order valence-corrected chi connectivity index (χ0v) is 29.1. The molecule has 2 nitrogen and oxygen atoms in total. The van der Waals surface area contributed by atoms with Crippen LogP contribution in [-0.4, -0.2) is 9.97 Å². The summed E-state index contributed by atoms with van der Waals surface area (Å²) >= 11 is 0.601. The lowest BCUT2D eigenvalue weighted by molar-refractivity contribution is 1.37. The van der Waals surface area contributed by atoms with Crippen LogP contribution in [0.15, 0.2) is 194 Å². The Balaban J connectivity index is 1.20. The van der Waals surface area contributed by atoms with Gasteiger partial charge in [-0.15, -0.1) is 11.3 Å². The van der Waals surface area contributed by atoms with Crippen LogP contribution < -0.4 is 0 Å². The second kappa shape index (κ2) is 12.9. The molecule has 8 aromatic carbocycles. The lowest BCUT2D eigenvalue weighted by Gasteiger charge is -2.16. The van der Waals surface area contributed by atoms with E-state index in [4.69, 9.17) is 18.7 Å². The first-order chi connectivity index (χ1) is 35.2. The van der Waals surface area contributed by atoms with Crippen LogP contribution in [0.5, 0.6) is 0 Å². The van der Waals surface area contributed by atoms with Crippen molar-refractivity contribution in [1.29, 1.82) is 0 Å². The van der Waals surface area contributed by atoms with Crippen molar-refractivity contribution in [2.75, 3.05) is 0 Å². The highest BCUT2D eigenvalue weighted by atomic mass is 32.1. The van der Waals surface area contributed by atoms with Crippen LogP contribution >= 0.6 is 11.3 Å². The number of fused-ring (bicyclic) bond motifs is 6. The molecule has 3 heteroatoms. The summed E-state index contributed by atoms with van der Waals surface area (Å²) < 4.78 is 172. The number of nitrogens with zero attached hydrogens (tertiary/aromatic N) is 2. The highest BCUT2D eigenvalue weighted by molar-refractivity contribution is 7.19. The third kappa shape index (κ3) is 5.24. The number of rotatable bonds is 5. The van der Waals surface area contributed by atoms with Gasteiger partial charge in [0.05, 0.1) is 42.8 Å². The van der Waals surface area contributed by atoms with E-state index in [1.165, 1.54) is 0 Å². The highest BCUT2D eigenvalue weighted by Crippen LogP contribution is 2.47. The Kier molecular flexibility index (Phi) is 4.20. The summed E-state index contributed by atoms with van der Waals surface area (Å²) in [4.78, 5) is 9.10. The summed E-state index contributed by atoms with van der Waals surface area (Å²) in [5.41, 5.74) is 1.16. The quantitative estimate of drug-likeness (QED) is 0.130. The number of aromatic nitrogens is 2. The van der Waals surface area contributed by atoms with Crippen molar-refractivity contribution in [3.05, 3.63) is 194 Å². The van der Waals surface area contributed by atoms with Gasteiger partial charge in [-0.2, -0.15) is 0 Å². The average Bonchev–Trinajstić information content (AvgIpc) is 3.70. The van der Waals surface area contributed by atoms with Crippen LogP contribution in [0.2, 0.25) is 0 Å². The Morgan fingerprint density at radius 2 is 1.02 bits per heavy atom. The fraction of sp³-hybridized carbons (Fsp3) is 0. The van der Waals surface area contributed by atoms with Gasteiger partial charge < -0.3 is 0 Å². The Morgan fingerprint density at radius 3 is 1.78 bits per heavy atom. The van der Waals surface area contributed by atoms with Gasteiger partial charge in [0, 0.05) is 37.9 Å². The molecule has 3 heterocycles. The van der Waals surface area contributed by atoms with Gasteiger partial charge in [-0.1, -0.05) is 157 Å². The van der Waals surface area contributed by atoms with Crippen LogP contribution in [0.4, 0.5) is 0 Å². The Hall–Kier alpha value is -6.94. The zero-order valence-electron chi connectivity index (χ0n) is 47.3. The zero-order chi connectivity index (χ0) is 52.8. The summed E-state index contributed by atoms with van der Waals surface area (Å²) in [7, 11) is 0. The highest BCUT2D eigenvalue weighted by Gasteiger charge is 2.18. The summed E-state index contributed by atoms with van der Waals surface area (Å²) in [6.45, 7) is 0. The van der Waals surface area contributed by atoms with Crippen LogP contribution in [0.25, 0.3) is 109 Å². The second-order valence-electron chi connectivity index (χ2n) is 12.6. The molecule has 0 saturated heterocycles. The summed E-state index contributed by atoms with van der Waals surface area (Å²) in [5, 5.41) is 1.11. The van der Waals surface area contributed by atoms with E-state index in [0.29, 0.717) is 44.4 Å². The van der Waals surface area contributed by atoms with Gasteiger partial charge in [-0.05, 0) is 90.4 Å². The van der Waals surface area contributed by atoms with Crippen molar-refractivity contribution in [1.82, 2.24) is 9.97 Å². The molecule has 11 rings (SSSR count). The molecular weight excluding hydrogens is 685 g/mol. The Morgan fingerprint density at radius 1 is 0.418 bits per heavy atom. The molecule has 0 atom stereocenters. The molecule has 0 fully saturated rings. The Labute approximate surface area is 349 Å². The van der Waals surface area contributed by atoms with E-state index in [1.807, 2.05) is 48.5 Å². The third-order valence-electron chi connectivity index (χ3n) is 9.60. The fourth-order valence-corrected chi connectivity index (χ4v) is 8.10. The van der Waals surface area contributed by atoms with Gasteiger partial charge in [-0.25, -0.2) is 4.98 Å². The predicted octanol–water partition coefficient (Wildman–Crippen LogP) is 14.6. The van der Waals surface area contributed by atoms with Crippen LogP contribution in [-0.2, 0) is 0 Å². The molecule has 55 heavy (non-hydrogen) atoms. The van der Waals surface area contributed by atoms with E-state index in [0.717, 1.165) is 16.3 Å². The molecule has 0 saturated carbocycles. The van der Waals surface area contributed by atoms with Gasteiger partial charge in [0.25, 0.3) is 0 Å². The number of hydrogen-bond acceptors (Lipinski definition) is 3. The molecule has 0 radical (unpaired) electrons. The van der Waals surface area contributed by atoms with E-state index >= 15 is 0 Å². The minimum atomic E-state index is -0.830. The SMILES string of the molecule is [2H]c1c(-c2c([2H])c([2H])c([2H])c(-c3ccc(-c4ccc5ccc6cccnc6c5n4)c4ccccc34)c2[2H])sc(-c2c3c([2H])c([2H])c([2H])c([2H])c3c(-c3c([2H])c([2H])c([2H])c([2H])c3[2H])c3c([2H])c([2H])c([2H])c([2H])c23)c1[2H]. The molecule has 0 amide bonds. The van der Waals surface area contributed by atoms with Gasteiger partial charge in [0.15, 0.2) is 0 Å². The van der Waals surface area contributed by atoms with Gasteiger partial charge in [0.1, 0.15) is 0 Å². The second-order valence-corrected chi connectivity index (χ2v) is 13.6. The molecular formula is C52H32N2S. The van der Waals surface area contributed by atoms with Crippen LogP contribution in [0, 0.1) is 0 Å². The molecule has 0 aliphatic carbocycles. The van der Waals surface area contributed by atoms with Crippen LogP contribution in [0.3, 0.4) is 0 Å². The standard InChI is InChI=1S/C52H32N2S/c1-2-12-33(13-3-1)49-42-19-6-8-21-44(42)50(45-22-9-7-20-43(45)49)48-30-29-47(55-48)37-15-10-14-36(32-37)38-26-27-41(40-18-5-4-17-39(38)40)46-28-25-35-24-23-34-16-11-31-53-51(34)52(35)54-46/h1-32H/i1D,2D,3D,6D,7D,8D,9D,10D,12D,13D,14D,15D,19D,20D,21D,22D,29D,30D,32D. The van der Waals surface area contributed by atoms with Crippen molar-refractivity contribution in [2.24, 2.45) is 0 Å². The average molecular weight is 736 g/mol. The molecule has 0 unspecified atom stereocenters. The monoisotopic (exact) mass is 735 g/mol. The maximum Gasteiger partial charge on any atom is 0.0972 e. The summed E-state index contributed by atoms with van der Waals surface area (Å²) in [6, 6.07) is 8.29. The van der Waals surface area contributed by atoms with Crippen molar-refractivity contribution in [3.8, 4) is 54.4 Å². The fourth-order valence-electron chi connectivity index (χ4n) is 7.18. The molecule has 256 valence electrons. The third-order valence-corrected chi connectivity index (χ3v) is 10.6. The molecule has 11 aromatic rings.